The van der Waals surface area contributed by atoms with E-state index >= 15 is 0 Å². The van der Waals surface area contributed by atoms with Crippen molar-refractivity contribution >= 4 is 0 Å². The molecule has 2 saturated heterocycles. The summed E-state index contributed by atoms with van der Waals surface area (Å²) < 4.78 is 22.8. The zero-order chi connectivity index (χ0) is 19.5. The highest BCUT2D eigenvalue weighted by Gasteiger charge is 2.45. The van der Waals surface area contributed by atoms with Crippen molar-refractivity contribution in [3.63, 3.8) is 0 Å². The first-order valence-corrected chi connectivity index (χ1v) is 9.31. The van der Waals surface area contributed by atoms with Gasteiger partial charge in [0.25, 0.3) is 0 Å². The summed E-state index contributed by atoms with van der Waals surface area (Å²) in [6.07, 6.45) is -6.76. The molecule has 150 valence electrons. The van der Waals surface area contributed by atoms with Gasteiger partial charge in [0.2, 0.25) is 0 Å². The number of hydrogen-bond donors (Lipinski definition) is 3. The molecule has 2 aliphatic rings. The van der Waals surface area contributed by atoms with Crippen LogP contribution in [0.15, 0.2) is 60.7 Å². The molecule has 3 N–H and O–H groups in total. The number of benzene rings is 2. The van der Waals surface area contributed by atoms with Crippen LogP contribution in [0.4, 0.5) is 0 Å². The van der Waals surface area contributed by atoms with Crippen molar-refractivity contribution in [2.45, 2.75) is 43.1 Å². The van der Waals surface area contributed by atoms with Gasteiger partial charge in [0.05, 0.1) is 13.2 Å². The minimum Gasteiger partial charge on any atom is -0.388 e. The summed E-state index contributed by atoms with van der Waals surface area (Å²) in [5, 5.41) is 31.5. The highest BCUT2D eigenvalue weighted by Crippen LogP contribution is 2.33. The topological polar surface area (TPSA) is 97.6 Å². The number of aliphatic hydroxyl groups excluding tert-OH is 3. The summed E-state index contributed by atoms with van der Waals surface area (Å²) in [5.41, 5.74) is 1.56. The van der Waals surface area contributed by atoms with Crippen molar-refractivity contribution in [1.82, 2.24) is 0 Å². The Balaban J connectivity index is 1.48. The van der Waals surface area contributed by atoms with Gasteiger partial charge in [-0.3, -0.25) is 0 Å². The van der Waals surface area contributed by atoms with Gasteiger partial charge in [0, 0.05) is 11.1 Å². The molecule has 0 radical (unpaired) electrons. The molecule has 2 aromatic rings. The summed E-state index contributed by atoms with van der Waals surface area (Å²) in [7, 11) is 0. The maximum absolute atomic E-state index is 10.9. The summed E-state index contributed by atoms with van der Waals surface area (Å²) in [6.45, 7) is 0.00539. The fourth-order valence-electron chi connectivity index (χ4n) is 3.48. The van der Waals surface area contributed by atoms with Gasteiger partial charge in [-0.1, -0.05) is 60.7 Å². The van der Waals surface area contributed by atoms with Crippen LogP contribution < -0.4 is 0 Å². The normalized spacial score (nSPS) is 34.7. The summed E-state index contributed by atoms with van der Waals surface area (Å²) in [4.78, 5) is 0. The van der Waals surface area contributed by atoms with E-state index in [1.807, 2.05) is 60.7 Å². The van der Waals surface area contributed by atoms with Gasteiger partial charge in [-0.05, 0) is 0 Å². The zero-order valence-corrected chi connectivity index (χ0v) is 15.2. The number of rotatable bonds is 4. The van der Waals surface area contributed by atoms with Crippen LogP contribution in [0, 0.1) is 0 Å². The maximum atomic E-state index is 10.9. The van der Waals surface area contributed by atoms with E-state index < -0.39 is 43.1 Å². The lowest BCUT2D eigenvalue weighted by atomic mass is 9.97. The summed E-state index contributed by atoms with van der Waals surface area (Å²) in [5.74, 6) is 0. The second-order valence-corrected chi connectivity index (χ2v) is 6.98. The van der Waals surface area contributed by atoms with E-state index in [4.69, 9.17) is 18.9 Å². The van der Waals surface area contributed by atoms with Crippen molar-refractivity contribution in [3.05, 3.63) is 71.8 Å². The minimum absolute atomic E-state index is 0.00270. The lowest BCUT2D eigenvalue weighted by Gasteiger charge is -2.42. The third-order valence-corrected chi connectivity index (χ3v) is 4.97. The monoisotopic (exact) mass is 388 g/mol. The van der Waals surface area contributed by atoms with E-state index in [2.05, 4.69) is 0 Å². The van der Waals surface area contributed by atoms with Crippen molar-refractivity contribution < 1.29 is 34.3 Å². The Labute approximate surface area is 163 Å². The van der Waals surface area contributed by atoms with Gasteiger partial charge in [-0.25, -0.2) is 0 Å². The van der Waals surface area contributed by atoms with Gasteiger partial charge < -0.3 is 34.3 Å². The minimum atomic E-state index is -1.27. The largest absolute Gasteiger partial charge is 0.388 e. The third-order valence-electron chi connectivity index (χ3n) is 4.97. The van der Waals surface area contributed by atoms with Crippen LogP contribution in [0.1, 0.15) is 23.7 Å². The lowest BCUT2D eigenvalue weighted by Crippen LogP contribution is -2.57. The Morgan fingerprint density at radius 3 is 1.46 bits per heavy atom. The average Bonchev–Trinajstić information content (AvgIpc) is 2.75. The highest BCUT2D eigenvalue weighted by molar-refractivity contribution is 5.17. The van der Waals surface area contributed by atoms with E-state index in [0.717, 1.165) is 11.1 Å². The fourth-order valence-corrected chi connectivity index (χ4v) is 3.48. The van der Waals surface area contributed by atoms with Crippen molar-refractivity contribution in [1.29, 1.82) is 0 Å². The smallest absolute Gasteiger partial charge is 0.184 e. The predicted octanol–water partition coefficient (Wildman–Crippen LogP) is 1.30. The van der Waals surface area contributed by atoms with Crippen LogP contribution in [0.3, 0.4) is 0 Å². The van der Waals surface area contributed by atoms with Crippen molar-refractivity contribution in [2.24, 2.45) is 0 Å². The first kappa shape index (κ1) is 19.5. The van der Waals surface area contributed by atoms with Crippen LogP contribution in [0.25, 0.3) is 0 Å². The SMILES string of the molecule is OC([C@@H]1OC(c2ccccc2)OC[C@H]1O)[C@@H]1OC(c2ccccc2)OC[C@@H]1O. The molecule has 7 heteroatoms. The van der Waals surface area contributed by atoms with Gasteiger partial charge in [0.1, 0.15) is 30.5 Å². The molecule has 2 heterocycles. The quantitative estimate of drug-likeness (QED) is 0.726. The summed E-state index contributed by atoms with van der Waals surface area (Å²) >= 11 is 0. The van der Waals surface area contributed by atoms with Gasteiger partial charge in [-0.2, -0.15) is 0 Å². The van der Waals surface area contributed by atoms with Crippen LogP contribution >= 0.6 is 0 Å². The molecule has 2 aromatic carbocycles. The van der Waals surface area contributed by atoms with E-state index in [1.165, 1.54) is 0 Å². The molecule has 0 amide bonds. The predicted molar refractivity (Wildman–Crippen MR) is 98.0 cm³/mol. The Morgan fingerprint density at radius 2 is 1.07 bits per heavy atom. The maximum Gasteiger partial charge on any atom is 0.184 e. The Bertz CT molecular complexity index is 677. The Hall–Kier alpha value is -1.84. The molecular weight excluding hydrogens is 364 g/mol. The first-order chi connectivity index (χ1) is 13.6. The number of hydrogen-bond acceptors (Lipinski definition) is 7. The standard InChI is InChI=1S/C21H24O7/c22-15-11-25-20(13-7-3-1-4-8-13)27-18(15)17(24)19-16(23)12-26-21(28-19)14-9-5-2-6-10-14/h1-10,15-24H,11-12H2/t15-,16+,17?,18-,19-,20?,21?/m1/s1. The Kier molecular flexibility index (Phi) is 6.03. The second kappa shape index (κ2) is 8.67. The molecular formula is C21H24O7. The highest BCUT2D eigenvalue weighted by atomic mass is 16.7. The molecule has 2 aliphatic heterocycles. The average molecular weight is 388 g/mol. The van der Waals surface area contributed by atoms with Gasteiger partial charge in [0.15, 0.2) is 12.6 Å². The lowest BCUT2D eigenvalue weighted by molar-refractivity contribution is -0.318. The molecule has 0 bridgehead atoms. The van der Waals surface area contributed by atoms with Crippen LogP contribution in [0.2, 0.25) is 0 Å². The van der Waals surface area contributed by atoms with E-state index in [0.29, 0.717) is 0 Å². The third kappa shape index (κ3) is 4.11. The van der Waals surface area contributed by atoms with Gasteiger partial charge in [-0.15, -0.1) is 0 Å². The molecule has 2 fully saturated rings. The van der Waals surface area contributed by atoms with E-state index in [9.17, 15) is 15.3 Å². The van der Waals surface area contributed by atoms with E-state index in [1.54, 1.807) is 0 Å². The molecule has 0 aliphatic carbocycles. The number of aliphatic hydroxyl groups is 3. The fraction of sp³-hybridized carbons (Fsp3) is 0.429. The van der Waals surface area contributed by atoms with Crippen molar-refractivity contribution in [2.75, 3.05) is 13.2 Å². The molecule has 7 atom stereocenters. The molecule has 28 heavy (non-hydrogen) atoms. The first-order valence-electron chi connectivity index (χ1n) is 9.31. The Morgan fingerprint density at radius 1 is 0.679 bits per heavy atom. The van der Waals surface area contributed by atoms with Crippen molar-refractivity contribution in [3.8, 4) is 0 Å². The van der Waals surface area contributed by atoms with Crippen LogP contribution in [-0.4, -0.2) is 59.1 Å². The zero-order valence-electron chi connectivity index (χ0n) is 15.2. The number of ether oxygens (including phenoxy) is 4. The van der Waals surface area contributed by atoms with Crippen LogP contribution in [0.5, 0.6) is 0 Å². The molecule has 0 saturated carbocycles. The van der Waals surface area contributed by atoms with E-state index in [-0.39, 0.29) is 13.2 Å². The van der Waals surface area contributed by atoms with Crippen LogP contribution in [-0.2, 0) is 18.9 Å². The molecule has 0 spiro atoms. The molecule has 4 rings (SSSR count). The molecule has 7 nitrogen and oxygen atoms in total. The molecule has 0 aromatic heterocycles. The second-order valence-electron chi connectivity index (χ2n) is 6.98. The molecule has 3 unspecified atom stereocenters. The summed E-state index contributed by atoms with van der Waals surface area (Å²) in [6, 6.07) is 18.6. The van der Waals surface area contributed by atoms with Gasteiger partial charge >= 0.3 is 0 Å².